The van der Waals surface area contributed by atoms with Gasteiger partial charge in [-0.2, -0.15) is 0 Å². The van der Waals surface area contributed by atoms with Crippen LogP contribution in [0, 0.1) is 0 Å². The molecular weight excluding hydrogens is 338 g/mol. The van der Waals surface area contributed by atoms with Crippen LogP contribution in [0.15, 0.2) is 60.8 Å². The van der Waals surface area contributed by atoms with Crippen molar-refractivity contribution in [3.05, 3.63) is 66.4 Å². The third kappa shape index (κ3) is 3.87. The van der Waals surface area contributed by atoms with Crippen LogP contribution in [0.1, 0.15) is 24.8 Å². The maximum atomic E-state index is 12.3. The number of para-hydroxylation sites is 2. The number of aromatic amines is 1. The molecule has 5 nitrogen and oxygen atoms in total. The quantitative estimate of drug-likeness (QED) is 0.707. The van der Waals surface area contributed by atoms with E-state index in [2.05, 4.69) is 22.4 Å². The maximum absolute atomic E-state index is 12.3. The monoisotopic (exact) mass is 361 g/mol. The van der Waals surface area contributed by atoms with Crippen molar-refractivity contribution in [3.8, 4) is 0 Å². The van der Waals surface area contributed by atoms with Crippen molar-refractivity contribution in [1.82, 2.24) is 10.3 Å². The lowest BCUT2D eigenvalue weighted by Gasteiger charge is -2.17. The van der Waals surface area contributed by atoms with Gasteiger partial charge in [0.25, 0.3) is 0 Å². The summed E-state index contributed by atoms with van der Waals surface area (Å²) in [5.41, 5.74) is 3.26. The number of amides is 2. The molecule has 3 aromatic rings. The molecule has 1 saturated heterocycles. The Morgan fingerprint density at radius 3 is 2.74 bits per heavy atom. The summed E-state index contributed by atoms with van der Waals surface area (Å²) in [6.45, 7) is 0.539. The standard InChI is InChI=1S/C22H23N3O2/c26-21(12-6-7-16-14-23-20-11-5-4-10-19(16)20)24-17-13-22(27)25(15-17)18-8-2-1-3-9-18/h1-5,8-11,14,17,23H,6-7,12-13,15H2,(H,24,26). The molecule has 0 aliphatic carbocycles. The fourth-order valence-corrected chi connectivity index (χ4v) is 3.74. The van der Waals surface area contributed by atoms with E-state index in [-0.39, 0.29) is 17.9 Å². The first-order chi connectivity index (χ1) is 13.2. The van der Waals surface area contributed by atoms with Gasteiger partial charge in [-0.1, -0.05) is 36.4 Å². The van der Waals surface area contributed by atoms with Gasteiger partial charge in [-0.3, -0.25) is 9.59 Å². The molecule has 2 aromatic carbocycles. The van der Waals surface area contributed by atoms with E-state index >= 15 is 0 Å². The molecule has 0 saturated carbocycles. The molecule has 2 amide bonds. The number of benzene rings is 2. The number of aryl methyl sites for hydroxylation is 1. The van der Waals surface area contributed by atoms with Crippen molar-refractivity contribution in [2.75, 3.05) is 11.4 Å². The zero-order valence-corrected chi connectivity index (χ0v) is 15.2. The summed E-state index contributed by atoms with van der Waals surface area (Å²) in [7, 11) is 0. The topological polar surface area (TPSA) is 65.2 Å². The van der Waals surface area contributed by atoms with Gasteiger partial charge < -0.3 is 15.2 Å². The second-order valence-corrected chi connectivity index (χ2v) is 7.02. The number of hydrogen-bond donors (Lipinski definition) is 2. The molecule has 2 heterocycles. The molecule has 1 aliphatic heterocycles. The molecule has 5 heteroatoms. The van der Waals surface area contributed by atoms with E-state index in [1.165, 1.54) is 10.9 Å². The Balaban J connectivity index is 1.27. The lowest BCUT2D eigenvalue weighted by atomic mass is 10.1. The van der Waals surface area contributed by atoms with E-state index in [9.17, 15) is 9.59 Å². The molecule has 0 bridgehead atoms. The number of fused-ring (bicyclic) bond motifs is 1. The third-order valence-corrected chi connectivity index (χ3v) is 5.08. The SMILES string of the molecule is O=C(CCCc1c[nH]c2ccccc12)NC1CC(=O)N(c2ccccc2)C1. The Hall–Kier alpha value is -3.08. The predicted octanol–water partition coefficient (Wildman–Crippen LogP) is 3.41. The van der Waals surface area contributed by atoms with Crippen molar-refractivity contribution in [1.29, 1.82) is 0 Å². The summed E-state index contributed by atoms with van der Waals surface area (Å²) in [5, 5.41) is 4.24. The average Bonchev–Trinajstić information content (AvgIpc) is 3.26. The van der Waals surface area contributed by atoms with Gasteiger partial charge in [-0.05, 0) is 36.6 Å². The average molecular weight is 361 g/mol. The van der Waals surface area contributed by atoms with Crippen molar-refractivity contribution in [2.45, 2.75) is 31.7 Å². The number of hydrogen-bond acceptors (Lipinski definition) is 2. The Bertz CT molecular complexity index is 948. The zero-order chi connectivity index (χ0) is 18.6. The first-order valence-corrected chi connectivity index (χ1v) is 9.40. The molecule has 1 unspecified atom stereocenters. The minimum absolute atomic E-state index is 0.0163. The van der Waals surface area contributed by atoms with Crippen LogP contribution in [0.4, 0.5) is 5.69 Å². The minimum Gasteiger partial charge on any atom is -0.361 e. The highest BCUT2D eigenvalue weighted by Gasteiger charge is 2.31. The summed E-state index contributed by atoms with van der Waals surface area (Å²) in [5.74, 6) is 0.0767. The van der Waals surface area contributed by atoms with Gasteiger partial charge in [-0.15, -0.1) is 0 Å². The summed E-state index contributed by atoms with van der Waals surface area (Å²) < 4.78 is 0. The number of carbonyl (C=O) groups is 2. The molecule has 0 radical (unpaired) electrons. The van der Waals surface area contributed by atoms with Crippen molar-refractivity contribution >= 4 is 28.4 Å². The number of aromatic nitrogens is 1. The lowest BCUT2D eigenvalue weighted by molar-refractivity contribution is -0.121. The molecule has 138 valence electrons. The molecule has 27 heavy (non-hydrogen) atoms. The first kappa shape index (κ1) is 17.3. The van der Waals surface area contributed by atoms with Crippen LogP contribution >= 0.6 is 0 Å². The summed E-state index contributed by atoms with van der Waals surface area (Å²) in [6.07, 6.45) is 4.50. The van der Waals surface area contributed by atoms with Crippen LogP contribution in [0.3, 0.4) is 0 Å². The first-order valence-electron chi connectivity index (χ1n) is 9.40. The van der Waals surface area contributed by atoms with E-state index in [1.807, 2.05) is 48.7 Å². The van der Waals surface area contributed by atoms with Crippen molar-refractivity contribution in [3.63, 3.8) is 0 Å². The van der Waals surface area contributed by atoms with E-state index in [0.717, 1.165) is 24.0 Å². The van der Waals surface area contributed by atoms with Crippen LogP contribution in [0.25, 0.3) is 10.9 Å². The Morgan fingerprint density at radius 1 is 1.11 bits per heavy atom. The zero-order valence-electron chi connectivity index (χ0n) is 15.2. The molecular formula is C22H23N3O2. The van der Waals surface area contributed by atoms with Crippen LogP contribution < -0.4 is 10.2 Å². The number of nitrogens with one attached hydrogen (secondary N) is 2. The largest absolute Gasteiger partial charge is 0.361 e. The summed E-state index contributed by atoms with van der Waals surface area (Å²) in [4.78, 5) is 29.5. The van der Waals surface area contributed by atoms with E-state index < -0.39 is 0 Å². The van der Waals surface area contributed by atoms with E-state index in [4.69, 9.17) is 0 Å². The molecule has 2 N–H and O–H groups in total. The molecule has 1 atom stereocenters. The second-order valence-electron chi connectivity index (χ2n) is 7.02. The minimum atomic E-state index is -0.113. The molecule has 0 spiro atoms. The van der Waals surface area contributed by atoms with Gasteiger partial charge in [0.2, 0.25) is 11.8 Å². The fourth-order valence-electron chi connectivity index (χ4n) is 3.74. The molecule has 1 fully saturated rings. The van der Waals surface area contributed by atoms with Gasteiger partial charge in [0.1, 0.15) is 0 Å². The van der Waals surface area contributed by atoms with Crippen LogP contribution in [-0.2, 0) is 16.0 Å². The highest BCUT2D eigenvalue weighted by molar-refractivity contribution is 5.96. The number of rotatable bonds is 6. The smallest absolute Gasteiger partial charge is 0.229 e. The fraction of sp³-hybridized carbons (Fsp3) is 0.273. The third-order valence-electron chi connectivity index (χ3n) is 5.08. The van der Waals surface area contributed by atoms with Gasteiger partial charge in [0.15, 0.2) is 0 Å². The van der Waals surface area contributed by atoms with Crippen molar-refractivity contribution < 1.29 is 9.59 Å². The van der Waals surface area contributed by atoms with Gasteiger partial charge in [0.05, 0.1) is 6.04 Å². The number of anilines is 1. The van der Waals surface area contributed by atoms with Crippen LogP contribution in [0.5, 0.6) is 0 Å². The summed E-state index contributed by atoms with van der Waals surface area (Å²) in [6, 6.07) is 17.7. The molecule has 1 aliphatic rings. The highest BCUT2D eigenvalue weighted by Crippen LogP contribution is 2.22. The Labute approximate surface area is 158 Å². The normalized spacial score (nSPS) is 16.8. The lowest BCUT2D eigenvalue weighted by Crippen LogP contribution is -2.37. The van der Waals surface area contributed by atoms with Crippen LogP contribution in [0.2, 0.25) is 0 Å². The van der Waals surface area contributed by atoms with Gasteiger partial charge >= 0.3 is 0 Å². The predicted molar refractivity (Wildman–Crippen MR) is 107 cm³/mol. The number of nitrogens with zero attached hydrogens (tertiary/aromatic N) is 1. The van der Waals surface area contributed by atoms with E-state index in [1.54, 1.807) is 4.90 Å². The Morgan fingerprint density at radius 2 is 1.89 bits per heavy atom. The highest BCUT2D eigenvalue weighted by atomic mass is 16.2. The van der Waals surface area contributed by atoms with E-state index in [0.29, 0.717) is 19.4 Å². The van der Waals surface area contributed by atoms with Gasteiger partial charge in [0, 0.05) is 42.2 Å². The maximum Gasteiger partial charge on any atom is 0.229 e. The van der Waals surface area contributed by atoms with Crippen LogP contribution in [-0.4, -0.2) is 29.4 Å². The Kier molecular flexibility index (Phi) is 4.92. The summed E-state index contributed by atoms with van der Waals surface area (Å²) >= 11 is 0. The number of H-pyrrole nitrogens is 1. The molecule has 4 rings (SSSR count). The van der Waals surface area contributed by atoms with Crippen molar-refractivity contribution in [2.24, 2.45) is 0 Å². The molecule has 1 aromatic heterocycles. The van der Waals surface area contributed by atoms with Gasteiger partial charge in [-0.25, -0.2) is 0 Å². The second kappa shape index (κ2) is 7.66. The number of carbonyl (C=O) groups excluding carboxylic acids is 2.